The van der Waals surface area contributed by atoms with Crippen molar-refractivity contribution in [3.8, 4) is 0 Å². The molecule has 3 heteroatoms. The predicted octanol–water partition coefficient (Wildman–Crippen LogP) is 3.82. The van der Waals surface area contributed by atoms with Gasteiger partial charge < -0.3 is 10.6 Å². The van der Waals surface area contributed by atoms with E-state index < -0.39 is 0 Å². The van der Waals surface area contributed by atoms with Crippen LogP contribution in [0.5, 0.6) is 0 Å². The Labute approximate surface area is 127 Å². The lowest BCUT2D eigenvalue weighted by Gasteiger charge is -2.27. The highest BCUT2D eigenvalue weighted by Gasteiger charge is 2.16. The van der Waals surface area contributed by atoms with Gasteiger partial charge in [0.2, 0.25) is 0 Å². The number of nitrogens with zero attached hydrogens (tertiary/aromatic N) is 1. The van der Waals surface area contributed by atoms with E-state index in [1.807, 2.05) is 12.3 Å². The van der Waals surface area contributed by atoms with Crippen molar-refractivity contribution in [2.45, 2.75) is 38.6 Å². The average Bonchev–Trinajstić information content (AvgIpc) is 2.53. The zero-order valence-electron chi connectivity index (χ0n) is 12.8. The van der Waals surface area contributed by atoms with Gasteiger partial charge >= 0.3 is 0 Å². The van der Waals surface area contributed by atoms with Crippen molar-refractivity contribution in [3.63, 3.8) is 0 Å². The Hall–Kier alpha value is -1.61. The number of anilines is 1. The van der Waals surface area contributed by atoms with Crippen molar-refractivity contribution in [2.75, 3.05) is 18.4 Å². The number of aromatic nitrogens is 1. The van der Waals surface area contributed by atoms with Crippen LogP contribution in [0.15, 0.2) is 36.5 Å². The van der Waals surface area contributed by atoms with Crippen LogP contribution in [0.2, 0.25) is 0 Å². The van der Waals surface area contributed by atoms with Crippen molar-refractivity contribution in [3.05, 3.63) is 36.5 Å². The molecule has 112 valence electrons. The maximum absolute atomic E-state index is 4.39. The SMILES string of the molecule is CC1CCC(NCCNc2cccc3ncccc23)CC1. The number of nitrogens with one attached hydrogen (secondary N) is 2. The molecule has 0 atom stereocenters. The Morgan fingerprint density at radius 1 is 1.05 bits per heavy atom. The first-order valence-corrected chi connectivity index (χ1v) is 8.14. The van der Waals surface area contributed by atoms with Crippen LogP contribution < -0.4 is 10.6 Å². The minimum Gasteiger partial charge on any atom is -0.383 e. The molecule has 0 radical (unpaired) electrons. The smallest absolute Gasteiger partial charge is 0.0722 e. The highest BCUT2D eigenvalue weighted by molar-refractivity contribution is 5.91. The van der Waals surface area contributed by atoms with Crippen molar-refractivity contribution in [2.24, 2.45) is 5.92 Å². The van der Waals surface area contributed by atoms with Crippen LogP contribution in [0.1, 0.15) is 32.6 Å². The predicted molar refractivity (Wildman–Crippen MR) is 89.7 cm³/mol. The molecule has 2 N–H and O–H groups in total. The first-order chi connectivity index (χ1) is 10.3. The number of hydrogen-bond acceptors (Lipinski definition) is 3. The summed E-state index contributed by atoms with van der Waals surface area (Å²) in [7, 11) is 0. The molecule has 3 nitrogen and oxygen atoms in total. The maximum Gasteiger partial charge on any atom is 0.0722 e. The summed E-state index contributed by atoms with van der Waals surface area (Å²) in [5, 5.41) is 8.42. The van der Waals surface area contributed by atoms with Crippen LogP contribution in [0, 0.1) is 5.92 Å². The van der Waals surface area contributed by atoms with Gasteiger partial charge in [-0.3, -0.25) is 4.98 Å². The van der Waals surface area contributed by atoms with Crippen LogP contribution in [-0.2, 0) is 0 Å². The van der Waals surface area contributed by atoms with Gasteiger partial charge in [0.25, 0.3) is 0 Å². The molecule has 21 heavy (non-hydrogen) atoms. The molecule has 1 fully saturated rings. The summed E-state index contributed by atoms with van der Waals surface area (Å²) >= 11 is 0. The molecule has 0 bridgehead atoms. The van der Waals surface area contributed by atoms with Crippen LogP contribution in [0.3, 0.4) is 0 Å². The molecule has 3 rings (SSSR count). The Bertz CT molecular complexity index is 568. The normalized spacial score (nSPS) is 22.3. The largest absolute Gasteiger partial charge is 0.383 e. The fraction of sp³-hybridized carbons (Fsp3) is 0.500. The minimum absolute atomic E-state index is 0.720. The molecule has 0 saturated heterocycles. The standard InChI is InChI=1S/C18H25N3/c1-14-7-9-15(10-8-14)19-12-13-21-18-6-2-5-17-16(18)4-3-11-20-17/h2-6,11,14-15,19,21H,7-10,12-13H2,1H3. The lowest BCUT2D eigenvalue weighted by molar-refractivity contribution is 0.310. The molecule has 1 aromatic carbocycles. The second-order valence-corrected chi connectivity index (χ2v) is 6.21. The Kier molecular flexibility index (Phi) is 4.71. The number of fused-ring (bicyclic) bond motifs is 1. The molecule has 1 aromatic heterocycles. The van der Waals surface area contributed by atoms with Crippen molar-refractivity contribution in [1.82, 2.24) is 10.3 Å². The lowest BCUT2D eigenvalue weighted by Crippen LogP contribution is -2.35. The molecule has 2 aromatic rings. The summed E-state index contributed by atoms with van der Waals surface area (Å²) in [5.41, 5.74) is 2.23. The molecular formula is C18H25N3. The first kappa shape index (κ1) is 14.3. The Morgan fingerprint density at radius 3 is 2.76 bits per heavy atom. The van der Waals surface area contributed by atoms with E-state index in [-0.39, 0.29) is 0 Å². The van der Waals surface area contributed by atoms with Gasteiger partial charge in [-0.15, -0.1) is 0 Å². The third-order valence-corrected chi connectivity index (χ3v) is 4.54. The van der Waals surface area contributed by atoms with Crippen molar-refractivity contribution < 1.29 is 0 Å². The summed E-state index contributed by atoms with van der Waals surface area (Å²) in [6, 6.07) is 11.1. The van der Waals surface area contributed by atoms with Gasteiger partial charge in [0.1, 0.15) is 0 Å². The van der Waals surface area contributed by atoms with Crippen LogP contribution in [0.4, 0.5) is 5.69 Å². The zero-order valence-corrected chi connectivity index (χ0v) is 12.8. The van der Waals surface area contributed by atoms with Gasteiger partial charge in [0.05, 0.1) is 5.52 Å². The van der Waals surface area contributed by atoms with E-state index in [1.54, 1.807) is 0 Å². The van der Waals surface area contributed by atoms with Gasteiger partial charge in [-0.2, -0.15) is 0 Å². The van der Waals surface area contributed by atoms with Gasteiger partial charge in [-0.05, 0) is 55.9 Å². The van der Waals surface area contributed by atoms with Crippen LogP contribution in [-0.4, -0.2) is 24.1 Å². The van der Waals surface area contributed by atoms with E-state index in [0.29, 0.717) is 0 Å². The molecule has 0 aliphatic heterocycles. The van der Waals surface area contributed by atoms with Gasteiger partial charge in [0, 0.05) is 36.4 Å². The molecule has 1 aliphatic carbocycles. The molecule has 0 amide bonds. The lowest BCUT2D eigenvalue weighted by atomic mass is 9.87. The minimum atomic E-state index is 0.720. The van der Waals surface area contributed by atoms with Crippen molar-refractivity contribution in [1.29, 1.82) is 0 Å². The number of pyridine rings is 1. The Morgan fingerprint density at radius 2 is 1.90 bits per heavy atom. The van der Waals surface area contributed by atoms with Crippen molar-refractivity contribution >= 4 is 16.6 Å². The summed E-state index contributed by atoms with van der Waals surface area (Å²) in [6.07, 6.45) is 7.26. The third-order valence-electron chi connectivity index (χ3n) is 4.54. The average molecular weight is 283 g/mol. The second-order valence-electron chi connectivity index (χ2n) is 6.21. The van der Waals surface area contributed by atoms with Crippen LogP contribution in [0.25, 0.3) is 10.9 Å². The zero-order chi connectivity index (χ0) is 14.5. The van der Waals surface area contributed by atoms with Gasteiger partial charge in [-0.25, -0.2) is 0 Å². The summed E-state index contributed by atoms with van der Waals surface area (Å²) in [6.45, 7) is 4.35. The van der Waals surface area contributed by atoms with Gasteiger partial charge in [-0.1, -0.05) is 13.0 Å². The van der Waals surface area contributed by atoms with Gasteiger partial charge in [0.15, 0.2) is 0 Å². The number of hydrogen-bond donors (Lipinski definition) is 2. The fourth-order valence-corrected chi connectivity index (χ4v) is 3.20. The molecule has 1 saturated carbocycles. The number of rotatable bonds is 5. The van der Waals surface area contributed by atoms with E-state index in [9.17, 15) is 0 Å². The summed E-state index contributed by atoms with van der Waals surface area (Å²) < 4.78 is 0. The van der Waals surface area contributed by atoms with E-state index in [4.69, 9.17) is 0 Å². The van der Waals surface area contributed by atoms with Crippen LogP contribution >= 0.6 is 0 Å². The number of benzene rings is 1. The van der Waals surface area contributed by atoms with E-state index in [0.717, 1.165) is 30.6 Å². The molecule has 1 aliphatic rings. The molecule has 0 spiro atoms. The molecule has 0 unspecified atom stereocenters. The molecular weight excluding hydrogens is 258 g/mol. The molecule has 1 heterocycles. The van der Waals surface area contributed by atoms with E-state index >= 15 is 0 Å². The third kappa shape index (κ3) is 3.73. The van der Waals surface area contributed by atoms with E-state index in [2.05, 4.69) is 46.8 Å². The quantitative estimate of drug-likeness (QED) is 0.819. The highest BCUT2D eigenvalue weighted by atomic mass is 15.0. The fourth-order valence-electron chi connectivity index (χ4n) is 3.20. The second kappa shape index (κ2) is 6.90. The maximum atomic E-state index is 4.39. The summed E-state index contributed by atoms with van der Waals surface area (Å²) in [5.74, 6) is 0.921. The highest BCUT2D eigenvalue weighted by Crippen LogP contribution is 2.23. The Balaban J connectivity index is 1.48. The monoisotopic (exact) mass is 283 g/mol. The first-order valence-electron chi connectivity index (χ1n) is 8.14. The topological polar surface area (TPSA) is 37.0 Å². The van der Waals surface area contributed by atoms with E-state index in [1.165, 1.54) is 36.8 Å². The summed E-state index contributed by atoms with van der Waals surface area (Å²) in [4.78, 5) is 4.39.